The molecule has 8 nitrogen and oxygen atoms in total. The Morgan fingerprint density at radius 1 is 0.650 bits per heavy atom. The van der Waals surface area contributed by atoms with E-state index in [1.807, 2.05) is 0 Å². The number of carbonyl (C=O) groups excluding carboxylic acids is 4. The van der Waals surface area contributed by atoms with Crippen LogP contribution in [0, 0.1) is 48.4 Å². The first-order valence-electron chi connectivity index (χ1n) is 11.8. The van der Waals surface area contributed by atoms with Crippen LogP contribution in [-0.2, 0) is 38.1 Å². The first kappa shape index (κ1) is 30.8. The molecule has 0 amide bonds. The van der Waals surface area contributed by atoms with Crippen molar-refractivity contribution >= 4 is 23.9 Å². The normalized spacial score (nSPS) is 10.9. The van der Waals surface area contributed by atoms with E-state index in [1.54, 1.807) is 36.4 Å². The van der Waals surface area contributed by atoms with Gasteiger partial charge in [0.2, 0.25) is 0 Å². The quantitative estimate of drug-likeness (QED) is 0.299. The second-order valence-electron chi connectivity index (χ2n) is 8.08. The highest BCUT2D eigenvalue weighted by atomic mass is 16.5. The minimum atomic E-state index is -1.04. The third kappa shape index (κ3) is 9.46. The standard InChI is InChI=1S/C32H26O8/c1-7-31(39-23(5)35)29-19-27(15-13-25(29)11-9-17-37-21(3)33)28-16-14-26(12-10-18-38-22(4)34)30(20-28)32(8-2)40-24(6)36/h1-2,13-16,19-20,31-32H,17-18H2,3-6H3. The van der Waals surface area contributed by atoms with Crippen molar-refractivity contribution in [3.63, 3.8) is 0 Å². The van der Waals surface area contributed by atoms with Crippen LogP contribution in [0.1, 0.15) is 62.2 Å². The summed E-state index contributed by atoms with van der Waals surface area (Å²) in [5.41, 5.74) is 3.13. The van der Waals surface area contributed by atoms with Crippen molar-refractivity contribution in [1.29, 1.82) is 0 Å². The Bertz CT molecular complexity index is 1400. The second kappa shape index (κ2) is 15.1. The summed E-state index contributed by atoms with van der Waals surface area (Å²) in [6.45, 7) is 4.77. The molecule has 0 radical (unpaired) electrons. The molecule has 2 rings (SSSR count). The molecule has 8 heteroatoms. The van der Waals surface area contributed by atoms with Gasteiger partial charge >= 0.3 is 23.9 Å². The topological polar surface area (TPSA) is 105 Å². The Labute approximate surface area is 233 Å². The molecular formula is C32H26O8. The summed E-state index contributed by atoms with van der Waals surface area (Å²) in [7, 11) is 0. The van der Waals surface area contributed by atoms with E-state index in [4.69, 9.17) is 31.8 Å². The fourth-order valence-electron chi connectivity index (χ4n) is 3.39. The van der Waals surface area contributed by atoms with E-state index in [1.165, 1.54) is 27.7 Å². The lowest BCUT2D eigenvalue weighted by atomic mass is 9.93. The molecule has 2 atom stereocenters. The summed E-state index contributed by atoms with van der Waals surface area (Å²) in [4.78, 5) is 45.5. The predicted molar refractivity (Wildman–Crippen MR) is 146 cm³/mol. The van der Waals surface area contributed by atoms with Gasteiger partial charge in [0.05, 0.1) is 0 Å². The molecule has 0 aliphatic rings. The summed E-state index contributed by atoms with van der Waals surface area (Å²) in [5.74, 6) is 14.0. The maximum absolute atomic E-state index is 11.7. The van der Waals surface area contributed by atoms with Crippen LogP contribution in [-0.4, -0.2) is 37.1 Å². The van der Waals surface area contributed by atoms with Crippen LogP contribution >= 0.6 is 0 Å². The van der Waals surface area contributed by atoms with Crippen LogP contribution < -0.4 is 0 Å². The number of terminal acetylenes is 2. The average molecular weight is 539 g/mol. The lowest BCUT2D eigenvalue weighted by Crippen LogP contribution is -2.09. The van der Waals surface area contributed by atoms with Gasteiger partial charge in [-0.3, -0.25) is 19.2 Å². The molecular weight excluding hydrogens is 512 g/mol. The van der Waals surface area contributed by atoms with Crippen molar-refractivity contribution in [2.24, 2.45) is 0 Å². The molecule has 2 aromatic carbocycles. The Hall–Kier alpha value is -5.44. The lowest BCUT2D eigenvalue weighted by molar-refractivity contribution is -0.145. The molecule has 0 fully saturated rings. The van der Waals surface area contributed by atoms with Crippen LogP contribution in [0.5, 0.6) is 0 Å². The molecule has 202 valence electrons. The summed E-state index contributed by atoms with van der Waals surface area (Å²) in [6, 6.07) is 10.3. The average Bonchev–Trinajstić information content (AvgIpc) is 2.90. The predicted octanol–water partition coefficient (Wildman–Crippen LogP) is 3.66. The van der Waals surface area contributed by atoms with Crippen LogP contribution in [0.3, 0.4) is 0 Å². The molecule has 0 aliphatic carbocycles. The second-order valence-corrected chi connectivity index (χ2v) is 8.08. The van der Waals surface area contributed by atoms with Gasteiger partial charge in [-0.25, -0.2) is 0 Å². The third-order valence-electron chi connectivity index (χ3n) is 5.01. The van der Waals surface area contributed by atoms with E-state index in [9.17, 15) is 19.2 Å². The molecule has 2 aromatic rings. The van der Waals surface area contributed by atoms with E-state index in [0.29, 0.717) is 33.4 Å². The van der Waals surface area contributed by atoms with Crippen molar-refractivity contribution in [3.8, 4) is 59.5 Å². The van der Waals surface area contributed by atoms with Crippen molar-refractivity contribution in [1.82, 2.24) is 0 Å². The summed E-state index contributed by atoms with van der Waals surface area (Å²) in [5, 5.41) is 0. The first-order valence-corrected chi connectivity index (χ1v) is 11.8. The Morgan fingerprint density at radius 3 is 1.32 bits per heavy atom. The Morgan fingerprint density at radius 2 is 1.02 bits per heavy atom. The maximum Gasteiger partial charge on any atom is 0.304 e. The molecule has 0 aliphatic heterocycles. The van der Waals surface area contributed by atoms with Gasteiger partial charge in [-0.2, -0.15) is 0 Å². The molecule has 0 saturated carbocycles. The fraction of sp³-hybridized carbons (Fsp3) is 0.250. The van der Waals surface area contributed by atoms with Gasteiger partial charge in [-0.15, -0.1) is 12.8 Å². The number of benzene rings is 2. The van der Waals surface area contributed by atoms with Gasteiger partial charge in [0.25, 0.3) is 0 Å². The molecule has 0 bridgehead atoms. The zero-order valence-electron chi connectivity index (χ0n) is 22.5. The monoisotopic (exact) mass is 538 g/mol. The minimum absolute atomic E-state index is 0.127. The fourth-order valence-corrected chi connectivity index (χ4v) is 3.39. The van der Waals surface area contributed by atoms with Crippen molar-refractivity contribution in [2.75, 3.05) is 13.2 Å². The first-order chi connectivity index (χ1) is 19.0. The molecule has 0 saturated heterocycles. The third-order valence-corrected chi connectivity index (χ3v) is 5.01. The molecule has 0 spiro atoms. The van der Waals surface area contributed by atoms with Crippen molar-refractivity contribution in [3.05, 3.63) is 58.7 Å². The van der Waals surface area contributed by atoms with Gasteiger partial charge in [0.1, 0.15) is 0 Å². The van der Waals surface area contributed by atoms with Crippen LogP contribution in [0.2, 0.25) is 0 Å². The minimum Gasteiger partial charge on any atom is -0.453 e. The highest BCUT2D eigenvalue weighted by Crippen LogP contribution is 2.31. The number of hydrogen-bond acceptors (Lipinski definition) is 8. The Balaban J connectivity index is 2.65. The number of esters is 4. The van der Waals surface area contributed by atoms with Gasteiger partial charge in [-0.1, -0.05) is 47.7 Å². The van der Waals surface area contributed by atoms with Crippen LogP contribution in [0.4, 0.5) is 0 Å². The van der Waals surface area contributed by atoms with Crippen molar-refractivity contribution < 1.29 is 38.1 Å². The van der Waals surface area contributed by atoms with Gasteiger partial charge in [-0.05, 0) is 35.4 Å². The largest absolute Gasteiger partial charge is 0.453 e. The smallest absolute Gasteiger partial charge is 0.304 e. The molecule has 2 unspecified atom stereocenters. The van der Waals surface area contributed by atoms with Crippen LogP contribution in [0.15, 0.2) is 36.4 Å². The summed E-state index contributed by atoms with van der Waals surface area (Å²) < 4.78 is 20.3. The van der Waals surface area contributed by atoms with Gasteiger partial charge < -0.3 is 18.9 Å². The van der Waals surface area contributed by atoms with Gasteiger partial charge in [0, 0.05) is 49.9 Å². The lowest BCUT2D eigenvalue weighted by Gasteiger charge is -2.17. The SMILES string of the molecule is C#CC(OC(C)=O)c1cc(-c2ccc(C#CCOC(C)=O)c(C(C#C)OC(C)=O)c2)ccc1C#CCOC(C)=O. The van der Waals surface area contributed by atoms with E-state index >= 15 is 0 Å². The molecule has 0 N–H and O–H groups in total. The number of carbonyl (C=O) groups is 4. The van der Waals surface area contributed by atoms with Crippen molar-refractivity contribution in [2.45, 2.75) is 39.9 Å². The van der Waals surface area contributed by atoms with E-state index < -0.39 is 36.1 Å². The molecule has 0 heterocycles. The van der Waals surface area contributed by atoms with Gasteiger partial charge in [0.15, 0.2) is 25.4 Å². The van der Waals surface area contributed by atoms with E-state index in [-0.39, 0.29) is 13.2 Å². The number of rotatable bonds is 7. The summed E-state index contributed by atoms with van der Waals surface area (Å²) in [6.07, 6.45) is 9.25. The van der Waals surface area contributed by atoms with E-state index in [0.717, 1.165) is 0 Å². The summed E-state index contributed by atoms with van der Waals surface area (Å²) >= 11 is 0. The van der Waals surface area contributed by atoms with E-state index in [2.05, 4.69) is 35.5 Å². The molecule has 0 aromatic heterocycles. The highest BCUT2D eigenvalue weighted by Gasteiger charge is 2.19. The number of hydrogen-bond donors (Lipinski definition) is 0. The maximum atomic E-state index is 11.7. The highest BCUT2D eigenvalue weighted by molar-refractivity contribution is 5.72. The Kier molecular flexibility index (Phi) is 11.6. The zero-order valence-corrected chi connectivity index (χ0v) is 22.5. The number of ether oxygens (including phenoxy) is 4. The van der Waals surface area contributed by atoms with Crippen LogP contribution in [0.25, 0.3) is 11.1 Å². The zero-order chi connectivity index (χ0) is 29.7. The molecule has 40 heavy (non-hydrogen) atoms.